The molecule has 0 bridgehead atoms. The lowest BCUT2D eigenvalue weighted by Gasteiger charge is -2.17. The van der Waals surface area contributed by atoms with Crippen LogP contribution in [0.3, 0.4) is 0 Å². The third-order valence-electron chi connectivity index (χ3n) is 2.64. The molecule has 0 aromatic heterocycles. The van der Waals surface area contributed by atoms with Crippen molar-refractivity contribution in [2.45, 2.75) is 12.5 Å². The number of aliphatic hydroxyl groups excluding tert-OH is 1. The second-order valence-corrected chi connectivity index (χ2v) is 3.80. The van der Waals surface area contributed by atoms with Gasteiger partial charge in [-0.15, -0.1) is 0 Å². The summed E-state index contributed by atoms with van der Waals surface area (Å²) in [7, 11) is 0. The van der Waals surface area contributed by atoms with E-state index in [-0.39, 0.29) is 17.7 Å². The molecule has 2 rings (SSSR count). The van der Waals surface area contributed by atoms with Gasteiger partial charge in [0.15, 0.2) is 0 Å². The molecule has 0 saturated carbocycles. The topological polar surface area (TPSA) is 20.2 Å². The molecule has 0 radical (unpaired) electrons. The number of hydrogen-bond acceptors (Lipinski definition) is 1. The first kappa shape index (κ1) is 11.7. The normalized spacial score (nSPS) is 11.5. The van der Waals surface area contributed by atoms with Crippen LogP contribution in [0.4, 0.5) is 8.78 Å². The molecule has 2 aromatic carbocycles. The minimum atomic E-state index is -3.00. The molecule has 88 valence electrons. The summed E-state index contributed by atoms with van der Waals surface area (Å²) >= 11 is 0. The second kappa shape index (κ2) is 4.63. The minimum absolute atomic E-state index is 0.0308. The van der Waals surface area contributed by atoms with Gasteiger partial charge in [-0.25, -0.2) is 0 Å². The van der Waals surface area contributed by atoms with Crippen molar-refractivity contribution in [1.82, 2.24) is 0 Å². The molecule has 0 fully saturated rings. The van der Waals surface area contributed by atoms with Crippen molar-refractivity contribution in [3.63, 3.8) is 0 Å². The molecule has 0 aliphatic heterocycles. The van der Waals surface area contributed by atoms with E-state index in [9.17, 15) is 8.78 Å². The number of halogens is 2. The molecule has 17 heavy (non-hydrogen) atoms. The molecular formula is C14H12F2O. The molecule has 0 heterocycles. The Morgan fingerprint density at radius 1 is 0.824 bits per heavy atom. The zero-order valence-electron chi connectivity index (χ0n) is 9.11. The van der Waals surface area contributed by atoms with E-state index >= 15 is 0 Å². The summed E-state index contributed by atoms with van der Waals surface area (Å²) in [5.74, 6) is -3.00. The highest BCUT2D eigenvalue weighted by atomic mass is 19.3. The van der Waals surface area contributed by atoms with Crippen LogP contribution in [-0.4, -0.2) is 5.11 Å². The van der Waals surface area contributed by atoms with Crippen LogP contribution in [0.1, 0.15) is 16.7 Å². The second-order valence-electron chi connectivity index (χ2n) is 3.80. The Morgan fingerprint density at radius 2 is 1.35 bits per heavy atom. The third kappa shape index (κ3) is 2.34. The van der Waals surface area contributed by atoms with Crippen LogP contribution in [0.25, 0.3) is 0 Å². The number of alkyl halides is 2. The Bertz CT molecular complexity index is 477. The molecule has 3 heteroatoms. The summed E-state index contributed by atoms with van der Waals surface area (Å²) in [6.45, 7) is -0.142. The molecule has 0 aliphatic rings. The maximum absolute atomic E-state index is 14.1. The fourth-order valence-electron chi connectivity index (χ4n) is 1.63. The first-order chi connectivity index (χ1) is 8.14. The van der Waals surface area contributed by atoms with Crippen molar-refractivity contribution < 1.29 is 13.9 Å². The van der Waals surface area contributed by atoms with Crippen molar-refractivity contribution in [1.29, 1.82) is 0 Å². The van der Waals surface area contributed by atoms with Crippen molar-refractivity contribution >= 4 is 0 Å². The Balaban J connectivity index is 2.37. The Morgan fingerprint density at radius 3 is 1.88 bits per heavy atom. The van der Waals surface area contributed by atoms with E-state index in [1.165, 1.54) is 36.4 Å². The smallest absolute Gasteiger partial charge is 0.298 e. The summed E-state index contributed by atoms with van der Waals surface area (Å²) < 4.78 is 28.1. The van der Waals surface area contributed by atoms with Gasteiger partial charge in [0.1, 0.15) is 0 Å². The van der Waals surface area contributed by atoms with Gasteiger partial charge in [0.2, 0.25) is 0 Å². The third-order valence-corrected chi connectivity index (χ3v) is 2.64. The highest BCUT2D eigenvalue weighted by Crippen LogP contribution is 2.35. The molecule has 2 aromatic rings. The van der Waals surface area contributed by atoms with Crippen molar-refractivity contribution in [2.24, 2.45) is 0 Å². The predicted molar refractivity (Wildman–Crippen MR) is 61.8 cm³/mol. The maximum atomic E-state index is 14.1. The van der Waals surface area contributed by atoms with Gasteiger partial charge in [-0.1, -0.05) is 54.6 Å². The summed E-state index contributed by atoms with van der Waals surface area (Å²) in [6, 6.07) is 13.4. The SMILES string of the molecule is OCc1ccc(C(F)(F)c2ccccc2)cc1. The van der Waals surface area contributed by atoms with E-state index in [0.717, 1.165) is 0 Å². The average Bonchev–Trinajstić information content (AvgIpc) is 2.40. The summed E-state index contributed by atoms with van der Waals surface area (Å²) in [4.78, 5) is 0. The van der Waals surface area contributed by atoms with E-state index < -0.39 is 5.92 Å². The summed E-state index contributed by atoms with van der Waals surface area (Å²) in [5.41, 5.74) is 0.523. The molecule has 0 unspecified atom stereocenters. The van der Waals surface area contributed by atoms with Crippen LogP contribution >= 0.6 is 0 Å². The van der Waals surface area contributed by atoms with E-state index in [1.54, 1.807) is 18.2 Å². The van der Waals surface area contributed by atoms with Gasteiger partial charge in [0, 0.05) is 11.1 Å². The fourth-order valence-corrected chi connectivity index (χ4v) is 1.63. The van der Waals surface area contributed by atoms with E-state index in [0.29, 0.717) is 5.56 Å². The summed E-state index contributed by atoms with van der Waals surface area (Å²) in [5, 5.41) is 8.86. The van der Waals surface area contributed by atoms with Crippen molar-refractivity contribution in [3.8, 4) is 0 Å². The molecule has 0 amide bonds. The van der Waals surface area contributed by atoms with Crippen LogP contribution in [-0.2, 0) is 12.5 Å². The molecular weight excluding hydrogens is 222 g/mol. The minimum Gasteiger partial charge on any atom is -0.392 e. The van der Waals surface area contributed by atoms with Gasteiger partial charge >= 0.3 is 0 Å². The zero-order valence-corrected chi connectivity index (χ0v) is 9.11. The van der Waals surface area contributed by atoms with Crippen LogP contribution in [0, 0.1) is 0 Å². The molecule has 1 N–H and O–H groups in total. The Kier molecular flexibility index (Phi) is 3.20. The van der Waals surface area contributed by atoms with E-state index in [2.05, 4.69) is 0 Å². The van der Waals surface area contributed by atoms with Crippen molar-refractivity contribution in [2.75, 3.05) is 0 Å². The van der Waals surface area contributed by atoms with Crippen LogP contribution in [0.15, 0.2) is 54.6 Å². The fraction of sp³-hybridized carbons (Fsp3) is 0.143. The standard InChI is InChI=1S/C14H12F2O/c15-14(16,12-4-2-1-3-5-12)13-8-6-11(10-17)7-9-13/h1-9,17H,10H2. The van der Waals surface area contributed by atoms with Gasteiger partial charge in [-0.2, -0.15) is 8.78 Å². The largest absolute Gasteiger partial charge is 0.392 e. The van der Waals surface area contributed by atoms with E-state index in [1.807, 2.05) is 0 Å². The number of hydrogen-bond donors (Lipinski definition) is 1. The van der Waals surface area contributed by atoms with Gasteiger partial charge in [0.05, 0.1) is 6.61 Å². The van der Waals surface area contributed by atoms with Crippen LogP contribution in [0.2, 0.25) is 0 Å². The molecule has 0 atom stereocenters. The number of benzene rings is 2. The van der Waals surface area contributed by atoms with Crippen LogP contribution in [0.5, 0.6) is 0 Å². The molecule has 0 saturated heterocycles. The first-order valence-electron chi connectivity index (χ1n) is 5.28. The maximum Gasteiger partial charge on any atom is 0.298 e. The lowest BCUT2D eigenvalue weighted by molar-refractivity contribution is 0.0428. The number of aliphatic hydroxyl groups is 1. The van der Waals surface area contributed by atoms with E-state index in [4.69, 9.17) is 5.11 Å². The van der Waals surface area contributed by atoms with Crippen molar-refractivity contribution in [3.05, 3.63) is 71.3 Å². The highest BCUT2D eigenvalue weighted by molar-refractivity contribution is 5.34. The zero-order chi connectivity index (χ0) is 12.3. The number of rotatable bonds is 3. The van der Waals surface area contributed by atoms with Gasteiger partial charge < -0.3 is 5.11 Å². The van der Waals surface area contributed by atoms with Gasteiger partial charge in [0.25, 0.3) is 5.92 Å². The highest BCUT2D eigenvalue weighted by Gasteiger charge is 2.33. The first-order valence-corrected chi connectivity index (χ1v) is 5.28. The molecule has 0 aliphatic carbocycles. The Labute approximate surface area is 98.3 Å². The monoisotopic (exact) mass is 234 g/mol. The summed E-state index contributed by atoms with van der Waals surface area (Å²) in [6.07, 6.45) is 0. The molecule has 1 nitrogen and oxygen atoms in total. The Hall–Kier alpha value is -1.74. The average molecular weight is 234 g/mol. The van der Waals surface area contributed by atoms with Gasteiger partial charge in [-0.3, -0.25) is 0 Å². The molecule has 0 spiro atoms. The van der Waals surface area contributed by atoms with Crippen LogP contribution < -0.4 is 0 Å². The lowest BCUT2D eigenvalue weighted by Crippen LogP contribution is -2.14. The predicted octanol–water partition coefficient (Wildman–Crippen LogP) is 3.32. The van der Waals surface area contributed by atoms with Gasteiger partial charge in [-0.05, 0) is 5.56 Å². The lowest BCUT2D eigenvalue weighted by atomic mass is 9.99. The quantitative estimate of drug-likeness (QED) is 0.863.